The molecule has 23 heavy (non-hydrogen) atoms. The number of para-hydroxylation sites is 1. The van der Waals surface area contributed by atoms with Gasteiger partial charge in [-0.25, -0.2) is 4.98 Å². The molecular formula is C17H23N3O2S. The van der Waals surface area contributed by atoms with Crippen molar-refractivity contribution < 1.29 is 9.53 Å². The molecule has 0 radical (unpaired) electrons. The van der Waals surface area contributed by atoms with Gasteiger partial charge >= 0.3 is 0 Å². The number of aromatic nitrogens is 1. The largest absolute Gasteiger partial charge is 0.373 e. The molecule has 5 nitrogen and oxygen atoms in total. The molecule has 2 heterocycles. The Morgan fingerprint density at radius 2 is 2.04 bits per heavy atom. The minimum Gasteiger partial charge on any atom is -0.373 e. The third-order valence-corrected chi connectivity index (χ3v) is 5.01. The Labute approximate surface area is 140 Å². The van der Waals surface area contributed by atoms with Gasteiger partial charge in [-0.2, -0.15) is 0 Å². The zero-order valence-corrected chi connectivity index (χ0v) is 14.7. The fourth-order valence-corrected chi connectivity index (χ4v) is 4.03. The van der Waals surface area contributed by atoms with Gasteiger partial charge in [0.1, 0.15) is 5.01 Å². The van der Waals surface area contributed by atoms with Crippen LogP contribution in [0.3, 0.4) is 0 Å². The average Bonchev–Trinajstić information content (AvgIpc) is 2.88. The Hall–Kier alpha value is -1.50. The molecule has 2 aromatic rings. The van der Waals surface area contributed by atoms with E-state index in [1.807, 2.05) is 25.2 Å². The zero-order valence-electron chi connectivity index (χ0n) is 13.9. The van der Waals surface area contributed by atoms with Crippen LogP contribution in [0.25, 0.3) is 10.2 Å². The van der Waals surface area contributed by atoms with Gasteiger partial charge < -0.3 is 9.64 Å². The zero-order chi connectivity index (χ0) is 16.4. The number of amides is 1. The molecule has 0 unspecified atom stereocenters. The Kier molecular flexibility index (Phi) is 4.94. The Balaban J connectivity index is 1.58. The number of hydrogen-bond donors (Lipinski definition) is 0. The highest BCUT2D eigenvalue weighted by molar-refractivity contribution is 7.18. The topological polar surface area (TPSA) is 45.7 Å². The van der Waals surface area contributed by atoms with Crippen LogP contribution in [0.2, 0.25) is 0 Å². The normalized spacial score (nSPS) is 22.4. The lowest BCUT2D eigenvalue weighted by molar-refractivity contribution is -0.135. The minimum atomic E-state index is 0.130. The molecule has 0 saturated carbocycles. The fourth-order valence-electron chi connectivity index (χ4n) is 3.00. The van der Waals surface area contributed by atoms with Crippen LogP contribution in [0.15, 0.2) is 24.3 Å². The van der Waals surface area contributed by atoms with Crippen molar-refractivity contribution in [2.24, 2.45) is 0 Å². The van der Waals surface area contributed by atoms with Gasteiger partial charge in [-0.1, -0.05) is 12.1 Å². The lowest BCUT2D eigenvalue weighted by Crippen LogP contribution is -2.49. The van der Waals surface area contributed by atoms with Crippen molar-refractivity contribution in [1.82, 2.24) is 14.8 Å². The molecule has 1 aliphatic heterocycles. The Morgan fingerprint density at radius 3 is 2.74 bits per heavy atom. The molecule has 1 aliphatic rings. The number of likely N-dealkylation sites (N-methyl/N-ethyl adjacent to an activating group) is 1. The fraction of sp³-hybridized carbons (Fsp3) is 0.529. The van der Waals surface area contributed by atoms with Gasteiger partial charge in [0.05, 0.1) is 35.5 Å². The summed E-state index contributed by atoms with van der Waals surface area (Å²) in [7, 11) is 1.85. The average molecular weight is 333 g/mol. The molecule has 1 saturated heterocycles. The van der Waals surface area contributed by atoms with Crippen molar-refractivity contribution in [3.63, 3.8) is 0 Å². The SMILES string of the molecule is C[C@@H]1CN(CC(=O)N(C)Cc2nc3ccccc3s2)C[C@@H](C)O1. The first kappa shape index (κ1) is 16.4. The summed E-state index contributed by atoms with van der Waals surface area (Å²) < 4.78 is 6.88. The van der Waals surface area contributed by atoms with Crippen LogP contribution in [0.5, 0.6) is 0 Å². The molecule has 1 aromatic heterocycles. The number of morpholine rings is 1. The summed E-state index contributed by atoms with van der Waals surface area (Å²) in [4.78, 5) is 21.0. The second-order valence-corrected chi connectivity index (χ2v) is 7.39. The summed E-state index contributed by atoms with van der Waals surface area (Å²) in [5.41, 5.74) is 1.00. The maximum absolute atomic E-state index is 12.5. The number of carbonyl (C=O) groups excluding carboxylic acids is 1. The van der Waals surface area contributed by atoms with Crippen molar-refractivity contribution in [3.8, 4) is 0 Å². The number of thiazole rings is 1. The molecule has 1 fully saturated rings. The minimum absolute atomic E-state index is 0.130. The van der Waals surface area contributed by atoms with Crippen molar-refractivity contribution in [2.75, 3.05) is 26.7 Å². The standard InChI is InChI=1S/C17H23N3O2S/c1-12-8-20(9-13(2)22-12)11-17(21)19(3)10-16-18-14-6-4-5-7-15(14)23-16/h4-7,12-13H,8-11H2,1-3H3/t12-,13-/m1/s1. The molecule has 0 N–H and O–H groups in total. The van der Waals surface area contributed by atoms with Gasteiger partial charge in [0, 0.05) is 20.1 Å². The summed E-state index contributed by atoms with van der Waals surface area (Å²) >= 11 is 1.65. The number of fused-ring (bicyclic) bond motifs is 1. The van der Waals surface area contributed by atoms with Crippen LogP contribution in [-0.2, 0) is 16.1 Å². The highest BCUT2D eigenvalue weighted by Crippen LogP contribution is 2.22. The molecule has 0 bridgehead atoms. The van der Waals surface area contributed by atoms with Gasteiger partial charge in [-0.15, -0.1) is 11.3 Å². The van der Waals surface area contributed by atoms with E-state index in [9.17, 15) is 4.79 Å². The van der Waals surface area contributed by atoms with Crippen LogP contribution in [-0.4, -0.2) is 59.6 Å². The predicted molar refractivity (Wildman–Crippen MR) is 92.5 cm³/mol. The van der Waals surface area contributed by atoms with Gasteiger partial charge in [0.2, 0.25) is 5.91 Å². The van der Waals surface area contributed by atoms with Crippen molar-refractivity contribution in [2.45, 2.75) is 32.6 Å². The monoisotopic (exact) mass is 333 g/mol. The van der Waals surface area contributed by atoms with Crippen LogP contribution in [0.4, 0.5) is 0 Å². The van der Waals surface area contributed by atoms with Crippen LogP contribution in [0.1, 0.15) is 18.9 Å². The molecule has 6 heteroatoms. The van der Waals surface area contributed by atoms with Crippen molar-refractivity contribution in [1.29, 1.82) is 0 Å². The molecule has 0 aliphatic carbocycles. The lowest BCUT2D eigenvalue weighted by atomic mass is 10.2. The van der Waals surface area contributed by atoms with Gasteiger partial charge in [-0.05, 0) is 26.0 Å². The van der Waals surface area contributed by atoms with E-state index in [-0.39, 0.29) is 18.1 Å². The number of rotatable bonds is 4. The highest BCUT2D eigenvalue weighted by atomic mass is 32.1. The Bertz CT molecular complexity index is 644. The molecule has 124 valence electrons. The van der Waals surface area contributed by atoms with E-state index < -0.39 is 0 Å². The first-order valence-electron chi connectivity index (χ1n) is 7.97. The van der Waals surface area contributed by atoms with Crippen LogP contribution >= 0.6 is 11.3 Å². The quantitative estimate of drug-likeness (QED) is 0.862. The van der Waals surface area contributed by atoms with E-state index in [2.05, 4.69) is 29.8 Å². The molecular weight excluding hydrogens is 310 g/mol. The highest BCUT2D eigenvalue weighted by Gasteiger charge is 2.24. The summed E-state index contributed by atoms with van der Waals surface area (Å²) in [6, 6.07) is 8.07. The third-order valence-electron chi connectivity index (χ3n) is 3.99. The molecule has 2 atom stereocenters. The number of carbonyl (C=O) groups is 1. The van der Waals surface area contributed by atoms with Gasteiger partial charge in [-0.3, -0.25) is 9.69 Å². The maximum atomic E-state index is 12.5. The number of benzene rings is 1. The molecule has 3 rings (SSSR count). The summed E-state index contributed by atoms with van der Waals surface area (Å²) in [6.45, 7) is 6.74. The third kappa shape index (κ3) is 4.07. The maximum Gasteiger partial charge on any atom is 0.236 e. The van der Waals surface area contributed by atoms with Crippen molar-refractivity contribution in [3.05, 3.63) is 29.3 Å². The molecule has 1 aromatic carbocycles. The van der Waals surface area contributed by atoms with Crippen LogP contribution in [0, 0.1) is 0 Å². The van der Waals surface area contributed by atoms with Gasteiger partial charge in [0.25, 0.3) is 0 Å². The van der Waals surface area contributed by atoms with Crippen LogP contribution < -0.4 is 0 Å². The first-order chi connectivity index (χ1) is 11.0. The number of ether oxygens (including phenoxy) is 1. The number of nitrogens with zero attached hydrogens (tertiary/aromatic N) is 3. The second kappa shape index (κ2) is 6.95. The van der Waals surface area contributed by atoms with E-state index in [4.69, 9.17) is 4.74 Å². The smallest absolute Gasteiger partial charge is 0.236 e. The van der Waals surface area contributed by atoms with Crippen molar-refractivity contribution >= 4 is 27.5 Å². The van der Waals surface area contributed by atoms with E-state index in [1.54, 1.807) is 16.2 Å². The van der Waals surface area contributed by atoms with E-state index in [0.29, 0.717) is 13.1 Å². The lowest BCUT2D eigenvalue weighted by Gasteiger charge is -2.35. The summed E-state index contributed by atoms with van der Waals surface area (Å²) in [5, 5.41) is 0.978. The second-order valence-electron chi connectivity index (χ2n) is 6.28. The summed E-state index contributed by atoms with van der Waals surface area (Å²) in [6.07, 6.45) is 0.363. The van der Waals surface area contributed by atoms with E-state index in [0.717, 1.165) is 23.6 Å². The first-order valence-corrected chi connectivity index (χ1v) is 8.79. The van der Waals surface area contributed by atoms with E-state index >= 15 is 0 Å². The van der Waals surface area contributed by atoms with E-state index in [1.165, 1.54) is 4.70 Å². The molecule has 1 amide bonds. The van der Waals surface area contributed by atoms with Gasteiger partial charge in [0.15, 0.2) is 0 Å². The Morgan fingerprint density at radius 1 is 1.35 bits per heavy atom. The number of hydrogen-bond acceptors (Lipinski definition) is 5. The predicted octanol–water partition coefficient (Wildman–Crippen LogP) is 2.36. The molecule has 0 spiro atoms. The summed E-state index contributed by atoms with van der Waals surface area (Å²) in [5.74, 6) is 0.130.